The molecule has 1 aliphatic heterocycles. The van der Waals surface area contributed by atoms with Crippen molar-refractivity contribution in [3.8, 4) is 0 Å². The lowest BCUT2D eigenvalue weighted by molar-refractivity contribution is 0.349. The Kier molecular flexibility index (Phi) is 4.20. The van der Waals surface area contributed by atoms with Gasteiger partial charge in [-0.3, -0.25) is 0 Å². The number of halogens is 1. The molecular formula is C13H19ClN2O2S. The molecule has 1 aromatic rings. The van der Waals surface area contributed by atoms with E-state index in [1.807, 2.05) is 6.92 Å². The fourth-order valence-corrected chi connectivity index (χ4v) is 4.27. The number of hydrogen-bond donors (Lipinski definition) is 1. The Bertz CT molecular complexity index is 562. The summed E-state index contributed by atoms with van der Waals surface area (Å²) in [7, 11) is -3.32. The Hall–Kier alpha value is -0.620. The first kappa shape index (κ1) is 14.8. The standard InChI is InChI=1S/C13H19ClN2O2S/c1-13(9-15)6-7-16(10-13)19(17,18)8-11-4-2-3-5-12(11)14/h2-5H,6-10,15H2,1H3. The summed E-state index contributed by atoms with van der Waals surface area (Å²) in [5.41, 5.74) is 6.25. The van der Waals surface area contributed by atoms with Crippen LogP contribution in [0.2, 0.25) is 5.02 Å². The number of rotatable bonds is 4. The van der Waals surface area contributed by atoms with Gasteiger partial charge < -0.3 is 5.73 Å². The van der Waals surface area contributed by atoms with Gasteiger partial charge in [0.25, 0.3) is 0 Å². The van der Waals surface area contributed by atoms with Crippen LogP contribution in [-0.4, -0.2) is 32.4 Å². The van der Waals surface area contributed by atoms with E-state index in [9.17, 15) is 8.42 Å². The summed E-state index contributed by atoms with van der Waals surface area (Å²) in [4.78, 5) is 0. The van der Waals surface area contributed by atoms with Crippen molar-refractivity contribution < 1.29 is 8.42 Å². The first-order chi connectivity index (χ1) is 8.86. The zero-order chi connectivity index (χ0) is 14.1. The lowest BCUT2D eigenvalue weighted by atomic mass is 9.90. The maximum Gasteiger partial charge on any atom is 0.218 e. The van der Waals surface area contributed by atoms with E-state index in [2.05, 4.69) is 0 Å². The number of sulfonamides is 1. The highest BCUT2D eigenvalue weighted by atomic mass is 35.5. The summed E-state index contributed by atoms with van der Waals surface area (Å²) in [5.74, 6) is -0.0483. The van der Waals surface area contributed by atoms with Gasteiger partial charge in [0.05, 0.1) is 5.75 Å². The van der Waals surface area contributed by atoms with Crippen LogP contribution in [-0.2, 0) is 15.8 Å². The molecule has 1 atom stereocenters. The minimum Gasteiger partial charge on any atom is -0.330 e. The van der Waals surface area contributed by atoms with E-state index >= 15 is 0 Å². The van der Waals surface area contributed by atoms with Crippen LogP contribution < -0.4 is 5.73 Å². The summed E-state index contributed by atoms with van der Waals surface area (Å²) < 4.78 is 26.3. The largest absolute Gasteiger partial charge is 0.330 e. The molecule has 0 radical (unpaired) electrons. The highest BCUT2D eigenvalue weighted by Crippen LogP contribution is 2.31. The second-order valence-corrected chi connectivity index (χ2v) is 7.82. The molecular weight excluding hydrogens is 284 g/mol. The van der Waals surface area contributed by atoms with Gasteiger partial charge in [-0.15, -0.1) is 0 Å². The first-order valence-corrected chi connectivity index (χ1v) is 8.26. The van der Waals surface area contributed by atoms with Crippen molar-refractivity contribution in [2.45, 2.75) is 19.1 Å². The predicted octanol–water partition coefficient (Wildman–Crippen LogP) is 1.84. The summed E-state index contributed by atoms with van der Waals surface area (Å²) in [5, 5.41) is 0.492. The molecule has 19 heavy (non-hydrogen) atoms. The van der Waals surface area contributed by atoms with Gasteiger partial charge in [-0.1, -0.05) is 36.7 Å². The number of nitrogens with zero attached hydrogens (tertiary/aromatic N) is 1. The van der Waals surface area contributed by atoms with E-state index in [0.29, 0.717) is 30.2 Å². The van der Waals surface area contributed by atoms with Crippen molar-refractivity contribution in [2.24, 2.45) is 11.1 Å². The second-order valence-electron chi connectivity index (χ2n) is 5.45. The van der Waals surface area contributed by atoms with E-state index in [4.69, 9.17) is 17.3 Å². The van der Waals surface area contributed by atoms with Crippen LogP contribution in [0.5, 0.6) is 0 Å². The van der Waals surface area contributed by atoms with Gasteiger partial charge >= 0.3 is 0 Å². The van der Waals surface area contributed by atoms with Crippen LogP contribution in [0.3, 0.4) is 0 Å². The number of hydrogen-bond acceptors (Lipinski definition) is 3. The van der Waals surface area contributed by atoms with Crippen LogP contribution in [0.1, 0.15) is 18.9 Å². The molecule has 1 aliphatic rings. The van der Waals surface area contributed by atoms with Crippen LogP contribution in [0.4, 0.5) is 0 Å². The topological polar surface area (TPSA) is 63.4 Å². The lowest BCUT2D eigenvalue weighted by Crippen LogP contribution is -2.35. The van der Waals surface area contributed by atoms with Crippen molar-refractivity contribution in [3.05, 3.63) is 34.9 Å². The van der Waals surface area contributed by atoms with Crippen LogP contribution in [0, 0.1) is 5.41 Å². The van der Waals surface area contributed by atoms with E-state index in [-0.39, 0.29) is 11.2 Å². The molecule has 2 rings (SSSR count). The van der Waals surface area contributed by atoms with Crippen molar-refractivity contribution >= 4 is 21.6 Å². The highest BCUT2D eigenvalue weighted by Gasteiger charge is 2.38. The van der Waals surface area contributed by atoms with E-state index < -0.39 is 10.0 Å². The molecule has 106 valence electrons. The third kappa shape index (κ3) is 3.28. The zero-order valence-corrected chi connectivity index (χ0v) is 12.5. The second kappa shape index (κ2) is 5.40. The van der Waals surface area contributed by atoms with Crippen LogP contribution >= 0.6 is 11.6 Å². The highest BCUT2D eigenvalue weighted by molar-refractivity contribution is 7.88. The van der Waals surface area contributed by atoms with E-state index in [1.54, 1.807) is 24.3 Å². The van der Waals surface area contributed by atoms with E-state index in [1.165, 1.54) is 4.31 Å². The lowest BCUT2D eigenvalue weighted by Gasteiger charge is -2.22. The van der Waals surface area contributed by atoms with Crippen molar-refractivity contribution in [1.29, 1.82) is 0 Å². The van der Waals surface area contributed by atoms with Crippen LogP contribution in [0.15, 0.2) is 24.3 Å². The average molecular weight is 303 g/mol. The first-order valence-electron chi connectivity index (χ1n) is 6.28. The fraction of sp³-hybridized carbons (Fsp3) is 0.538. The molecule has 0 saturated carbocycles. The van der Waals surface area contributed by atoms with Gasteiger partial charge in [0.15, 0.2) is 0 Å². The van der Waals surface area contributed by atoms with Crippen molar-refractivity contribution in [3.63, 3.8) is 0 Å². The van der Waals surface area contributed by atoms with E-state index in [0.717, 1.165) is 6.42 Å². The molecule has 0 aromatic heterocycles. The third-order valence-corrected chi connectivity index (χ3v) is 5.85. The minimum absolute atomic E-state index is 0.0483. The summed E-state index contributed by atoms with van der Waals surface area (Å²) in [6, 6.07) is 7.04. The molecule has 0 amide bonds. The van der Waals surface area contributed by atoms with Crippen LogP contribution in [0.25, 0.3) is 0 Å². The minimum atomic E-state index is -3.32. The van der Waals surface area contributed by atoms with Gasteiger partial charge in [-0.05, 0) is 30.0 Å². The molecule has 0 aliphatic carbocycles. The Morgan fingerprint density at radius 3 is 2.68 bits per heavy atom. The maximum atomic E-state index is 12.4. The zero-order valence-electron chi connectivity index (χ0n) is 11.0. The fourth-order valence-electron chi connectivity index (χ4n) is 2.29. The SMILES string of the molecule is CC1(CN)CCN(S(=O)(=O)Cc2ccccc2Cl)C1. The maximum absolute atomic E-state index is 12.4. The molecule has 0 spiro atoms. The quantitative estimate of drug-likeness (QED) is 0.923. The Labute approximate surface area is 119 Å². The summed E-state index contributed by atoms with van der Waals surface area (Å²) in [6.07, 6.45) is 0.811. The van der Waals surface area contributed by atoms with Gasteiger partial charge in [0.2, 0.25) is 10.0 Å². The summed E-state index contributed by atoms with van der Waals surface area (Å²) in [6.45, 7) is 3.57. The number of benzene rings is 1. The third-order valence-electron chi connectivity index (χ3n) is 3.70. The molecule has 0 bridgehead atoms. The van der Waals surface area contributed by atoms with Gasteiger partial charge in [0, 0.05) is 18.1 Å². The van der Waals surface area contributed by atoms with Gasteiger partial charge in [0.1, 0.15) is 0 Å². The monoisotopic (exact) mass is 302 g/mol. The molecule has 6 heteroatoms. The normalized spacial score (nSPS) is 24.8. The van der Waals surface area contributed by atoms with Crippen molar-refractivity contribution in [2.75, 3.05) is 19.6 Å². The molecule has 4 nitrogen and oxygen atoms in total. The molecule has 1 heterocycles. The predicted molar refractivity (Wildman–Crippen MR) is 77.4 cm³/mol. The molecule has 1 saturated heterocycles. The average Bonchev–Trinajstić information content (AvgIpc) is 2.76. The smallest absolute Gasteiger partial charge is 0.218 e. The number of nitrogens with two attached hydrogens (primary N) is 1. The van der Waals surface area contributed by atoms with Crippen molar-refractivity contribution in [1.82, 2.24) is 4.31 Å². The summed E-state index contributed by atoms with van der Waals surface area (Å²) >= 11 is 6.02. The molecule has 2 N–H and O–H groups in total. The van der Waals surface area contributed by atoms with Gasteiger partial charge in [-0.25, -0.2) is 12.7 Å². The molecule has 1 fully saturated rings. The molecule has 1 unspecified atom stereocenters. The Morgan fingerprint density at radius 2 is 2.11 bits per heavy atom. The Balaban J connectivity index is 2.15. The van der Waals surface area contributed by atoms with Gasteiger partial charge in [-0.2, -0.15) is 0 Å². The molecule has 1 aromatic carbocycles. The Morgan fingerprint density at radius 1 is 1.42 bits per heavy atom.